The lowest BCUT2D eigenvalue weighted by molar-refractivity contribution is -0.137. The third-order valence-electron chi connectivity index (χ3n) is 3.42. The Labute approximate surface area is 94.5 Å². The van der Waals surface area contributed by atoms with Gasteiger partial charge in [-0.1, -0.05) is 0 Å². The zero-order valence-corrected chi connectivity index (χ0v) is 9.11. The Morgan fingerprint density at radius 2 is 2.56 bits per heavy atom. The number of epoxide rings is 1. The van der Waals surface area contributed by atoms with Crippen LogP contribution in [0.3, 0.4) is 0 Å². The Morgan fingerprint density at radius 1 is 1.75 bits per heavy atom. The number of carboxylic acids is 1. The van der Waals surface area contributed by atoms with E-state index < -0.39 is 5.97 Å². The van der Waals surface area contributed by atoms with Crippen molar-refractivity contribution in [3.63, 3.8) is 0 Å². The maximum absolute atomic E-state index is 10.4. The zero-order chi connectivity index (χ0) is 11.6. The van der Waals surface area contributed by atoms with Crippen LogP contribution in [0.1, 0.15) is 38.5 Å². The number of hydrogen-bond donors (Lipinski definition) is 1. The molecule has 86 valence electrons. The standard InChI is InChI=1S/C12H15NO3/c13-8-5-9-3-1-6-12(11(9)16-12)7-2-4-10(14)15/h5,11H,1-4,6-7H2,(H,14,15)/b9-5+. The number of hydrogen-bond acceptors (Lipinski definition) is 3. The molecule has 1 aliphatic heterocycles. The van der Waals surface area contributed by atoms with Gasteiger partial charge in [0, 0.05) is 12.5 Å². The summed E-state index contributed by atoms with van der Waals surface area (Å²) in [6.45, 7) is 0. The van der Waals surface area contributed by atoms with E-state index in [1.54, 1.807) is 6.08 Å². The van der Waals surface area contributed by atoms with Crippen LogP contribution in [0.4, 0.5) is 0 Å². The largest absolute Gasteiger partial charge is 0.481 e. The van der Waals surface area contributed by atoms with E-state index in [9.17, 15) is 4.79 Å². The van der Waals surface area contributed by atoms with E-state index in [-0.39, 0.29) is 18.1 Å². The predicted molar refractivity (Wildman–Crippen MR) is 56.6 cm³/mol. The topological polar surface area (TPSA) is 73.6 Å². The van der Waals surface area contributed by atoms with Crippen LogP contribution in [0, 0.1) is 11.3 Å². The van der Waals surface area contributed by atoms with Crippen LogP contribution in [0.2, 0.25) is 0 Å². The quantitative estimate of drug-likeness (QED) is 0.582. The van der Waals surface area contributed by atoms with Gasteiger partial charge in [-0.2, -0.15) is 5.26 Å². The van der Waals surface area contributed by atoms with Crippen LogP contribution in [-0.2, 0) is 9.53 Å². The monoisotopic (exact) mass is 221 g/mol. The highest BCUT2D eigenvalue weighted by molar-refractivity contribution is 5.66. The molecule has 0 spiro atoms. The number of allylic oxidation sites excluding steroid dienone is 1. The second-order valence-corrected chi connectivity index (χ2v) is 4.51. The Morgan fingerprint density at radius 3 is 3.25 bits per heavy atom. The number of nitrogens with zero attached hydrogens (tertiary/aromatic N) is 1. The maximum atomic E-state index is 10.4. The summed E-state index contributed by atoms with van der Waals surface area (Å²) in [7, 11) is 0. The molecule has 0 bridgehead atoms. The first-order valence-corrected chi connectivity index (χ1v) is 5.66. The fourth-order valence-corrected chi connectivity index (χ4v) is 2.61. The highest BCUT2D eigenvalue weighted by Gasteiger charge is 2.58. The van der Waals surface area contributed by atoms with Crippen LogP contribution in [-0.4, -0.2) is 22.8 Å². The molecular weight excluding hydrogens is 206 g/mol. The molecular formula is C12H15NO3. The minimum atomic E-state index is -0.753. The van der Waals surface area contributed by atoms with Crippen molar-refractivity contribution in [1.82, 2.24) is 0 Å². The van der Waals surface area contributed by atoms with Gasteiger partial charge in [-0.25, -0.2) is 0 Å². The van der Waals surface area contributed by atoms with Crippen molar-refractivity contribution in [3.8, 4) is 6.07 Å². The molecule has 2 aliphatic rings. The average Bonchev–Trinajstić information content (AvgIpc) is 2.93. The van der Waals surface area contributed by atoms with Gasteiger partial charge in [-0.15, -0.1) is 0 Å². The molecule has 1 N–H and O–H groups in total. The van der Waals surface area contributed by atoms with Crippen molar-refractivity contribution >= 4 is 5.97 Å². The normalized spacial score (nSPS) is 34.2. The van der Waals surface area contributed by atoms with E-state index in [0.717, 1.165) is 31.3 Å². The Bertz CT molecular complexity index is 369. The van der Waals surface area contributed by atoms with E-state index in [1.807, 2.05) is 6.07 Å². The van der Waals surface area contributed by atoms with Crippen LogP contribution in [0.25, 0.3) is 0 Å². The van der Waals surface area contributed by atoms with Gasteiger partial charge < -0.3 is 9.84 Å². The summed E-state index contributed by atoms with van der Waals surface area (Å²) < 4.78 is 5.70. The van der Waals surface area contributed by atoms with E-state index in [2.05, 4.69) is 0 Å². The van der Waals surface area contributed by atoms with E-state index in [4.69, 9.17) is 15.1 Å². The summed E-state index contributed by atoms with van der Waals surface area (Å²) in [6, 6.07) is 2.05. The van der Waals surface area contributed by atoms with Gasteiger partial charge in [0.1, 0.15) is 6.10 Å². The van der Waals surface area contributed by atoms with Crippen molar-refractivity contribution in [1.29, 1.82) is 5.26 Å². The molecule has 2 fully saturated rings. The molecule has 1 heterocycles. The summed E-state index contributed by atoms with van der Waals surface area (Å²) in [6.07, 6.45) is 6.32. The summed E-state index contributed by atoms with van der Waals surface area (Å²) in [4.78, 5) is 10.4. The highest BCUT2D eigenvalue weighted by atomic mass is 16.6. The van der Waals surface area contributed by atoms with Gasteiger partial charge in [-0.05, 0) is 37.7 Å². The van der Waals surface area contributed by atoms with Gasteiger partial charge in [0.15, 0.2) is 0 Å². The molecule has 0 aromatic carbocycles. The van der Waals surface area contributed by atoms with Gasteiger partial charge >= 0.3 is 5.97 Å². The molecule has 0 radical (unpaired) electrons. The lowest BCUT2D eigenvalue weighted by atomic mass is 9.82. The SMILES string of the molecule is N#C/C=C1\CCCC2(CCCC(=O)O)OC12. The number of nitriles is 1. The average molecular weight is 221 g/mol. The molecule has 0 amide bonds. The number of carboxylic acid groups (broad SMARTS) is 1. The first-order chi connectivity index (χ1) is 7.68. The summed E-state index contributed by atoms with van der Waals surface area (Å²) in [5.41, 5.74) is 0.959. The minimum Gasteiger partial charge on any atom is -0.481 e. The second kappa shape index (κ2) is 4.26. The third-order valence-corrected chi connectivity index (χ3v) is 3.42. The zero-order valence-electron chi connectivity index (χ0n) is 9.11. The molecule has 2 rings (SSSR count). The third kappa shape index (κ3) is 2.10. The fourth-order valence-electron chi connectivity index (χ4n) is 2.61. The number of aliphatic carboxylic acids is 1. The fraction of sp³-hybridized carbons (Fsp3) is 0.667. The predicted octanol–water partition coefficient (Wildman–Crippen LogP) is 2.01. The first-order valence-electron chi connectivity index (χ1n) is 5.66. The molecule has 0 aromatic rings. The van der Waals surface area contributed by atoms with Crippen molar-refractivity contribution in [2.45, 2.75) is 50.2 Å². The van der Waals surface area contributed by atoms with Crippen molar-refractivity contribution in [3.05, 3.63) is 11.6 Å². The molecule has 2 unspecified atom stereocenters. The molecule has 4 nitrogen and oxygen atoms in total. The highest BCUT2D eigenvalue weighted by Crippen LogP contribution is 2.53. The molecule has 1 saturated carbocycles. The van der Waals surface area contributed by atoms with E-state index in [0.29, 0.717) is 6.42 Å². The summed E-state index contributed by atoms with van der Waals surface area (Å²) in [5, 5.41) is 17.2. The van der Waals surface area contributed by atoms with Gasteiger partial charge in [-0.3, -0.25) is 4.79 Å². The van der Waals surface area contributed by atoms with Crippen molar-refractivity contribution in [2.24, 2.45) is 0 Å². The molecule has 2 atom stereocenters. The van der Waals surface area contributed by atoms with E-state index >= 15 is 0 Å². The van der Waals surface area contributed by atoms with Crippen LogP contribution in [0.5, 0.6) is 0 Å². The Kier molecular flexibility index (Phi) is 2.97. The lowest BCUT2D eigenvalue weighted by Gasteiger charge is -2.18. The Balaban J connectivity index is 1.89. The van der Waals surface area contributed by atoms with Gasteiger partial charge in [0.05, 0.1) is 11.7 Å². The molecule has 0 aromatic heterocycles. The van der Waals surface area contributed by atoms with Gasteiger partial charge in [0.25, 0.3) is 0 Å². The van der Waals surface area contributed by atoms with Crippen molar-refractivity contribution < 1.29 is 14.6 Å². The summed E-state index contributed by atoms with van der Waals surface area (Å²) in [5.74, 6) is -0.753. The molecule has 16 heavy (non-hydrogen) atoms. The number of carbonyl (C=O) groups is 1. The first kappa shape index (κ1) is 11.2. The molecule has 1 saturated heterocycles. The Hall–Kier alpha value is -1.34. The number of rotatable bonds is 4. The second-order valence-electron chi connectivity index (χ2n) is 4.51. The maximum Gasteiger partial charge on any atom is 0.303 e. The molecule has 1 aliphatic carbocycles. The van der Waals surface area contributed by atoms with Crippen molar-refractivity contribution in [2.75, 3.05) is 0 Å². The summed E-state index contributed by atoms with van der Waals surface area (Å²) >= 11 is 0. The minimum absolute atomic E-state index is 0.0923. The van der Waals surface area contributed by atoms with Gasteiger partial charge in [0.2, 0.25) is 0 Å². The smallest absolute Gasteiger partial charge is 0.303 e. The molecule has 4 heteroatoms. The van der Waals surface area contributed by atoms with Crippen LogP contribution in [0.15, 0.2) is 11.6 Å². The van der Waals surface area contributed by atoms with Crippen LogP contribution < -0.4 is 0 Å². The number of fused-ring (bicyclic) bond motifs is 1. The van der Waals surface area contributed by atoms with E-state index in [1.165, 1.54) is 0 Å². The number of ether oxygens (including phenoxy) is 1. The van der Waals surface area contributed by atoms with Crippen LogP contribution >= 0.6 is 0 Å². The lowest BCUT2D eigenvalue weighted by Crippen LogP contribution is -2.21.